The summed E-state index contributed by atoms with van der Waals surface area (Å²) in [5, 5.41) is 8.82. The number of carbonyl (C=O) groups is 1. The molecule has 0 saturated heterocycles. The molecule has 3 N–H and O–H groups in total. The summed E-state index contributed by atoms with van der Waals surface area (Å²) in [5.74, 6) is 2.11. The van der Waals surface area contributed by atoms with E-state index in [1.807, 2.05) is 20.9 Å². The lowest BCUT2D eigenvalue weighted by atomic mass is 10.3. The van der Waals surface area contributed by atoms with E-state index < -0.39 is 0 Å². The normalized spacial score (nSPS) is 10.2. The van der Waals surface area contributed by atoms with Crippen LogP contribution in [-0.4, -0.2) is 49.7 Å². The van der Waals surface area contributed by atoms with E-state index in [1.54, 1.807) is 7.11 Å². The smallest absolute Gasteiger partial charge is 0.239 e. The van der Waals surface area contributed by atoms with Gasteiger partial charge >= 0.3 is 0 Å². The highest BCUT2D eigenvalue weighted by atomic mass is 16.5. The van der Waals surface area contributed by atoms with Crippen LogP contribution >= 0.6 is 0 Å². The molecule has 1 rings (SSSR count). The molecule has 0 bridgehead atoms. The summed E-state index contributed by atoms with van der Waals surface area (Å²) >= 11 is 0. The van der Waals surface area contributed by atoms with E-state index in [2.05, 4.69) is 25.9 Å². The third-order valence-electron chi connectivity index (χ3n) is 2.79. The average molecular weight is 281 g/mol. The molecule has 20 heavy (non-hydrogen) atoms. The fraction of sp³-hybridized carbons (Fsp3) is 0.615. The van der Waals surface area contributed by atoms with Crippen LogP contribution in [0.1, 0.15) is 18.3 Å². The Hall–Kier alpha value is -1.89. The number of amides is 1. The van der Waals surface area contributed by atoms with Crippen LogP contribution in [0.2, 0.25) is 0 Å². The zero-order chi connectivity index (χ0) is 15.0. The molecule has 0 aliphatic rings. The molecule has 7 nitrogen and oxygen atoms in total. The van der Waals surface area contributed by atoms with Crippen molar-refractivity contribution in [1.29, 1.82) is 0 Å². The van der Waals surface area contributed by atoms with Crippen LogP contribution < -0.4 is 16.0 Å². The number of ether oxygens (including phenoxy) is 1. The van der Waals surface area contributed by atoms with E-state index in [0.717, 1.165) is 23.6 Å². The number of aryl methyl sites for hydroxylation is 1. The van der Waals surface area contributed by atoms with Crippen molar-refractivity contribution < 1.29 is 9.53 Å². The Morgan fingerprint density at radius 1 is 1.30 bits per heavy atom. The first-order chi connectivity index (χ1) is 9.62. The molecule has 0 atom stereocenters. The van der Waals surface area contributed by atoms with Gasteiger partial charge in [-0.3, -0.25) is 4.79 Å². The second kappa shape index (κ2) is 8.31. The molecule has 1 heterocycles. The fourth-order valence-electron chi connectivity index (χ4n) is 1.66. The minimum atomic E-state index is -0.0934. The van der Waals surface area contributed by atoms with Crippen LogP contribution in [-0.2, 0) is 16.0 Å². The highest BCUT2D eigenvalue weighted by Gasteiger charge is 2.10. The van der Waals surface area contributed by atoms with Gasteiger partial charge in [0, 0.05) is 32.7 Å². The van der Waals surface area contributed by atoms with Gasteiger partial charge < -0.3 is 20.7 Å². The van der Waals surface area contributed by atoms with Gasteiger partial charge in [-0.05, 0) is 6.92 Å². The quantitative estimate of drug-likeness (QED) is 0.604. The number of hydrogen-bond acceptors (Lipinski definition) is 6. The first-order valence-electron chi connectivity index (χ1n) is 6.67. The van der Waals surface area contributed by atoms with Gasteiger partial charge in [-0.2, -0.15) is 0 Å². The summed E-state index contributed by atoms with van der Waals surface area (Å²) < 4.78 is 4.87. The molecular weight excluding hydrogens is 258 g/mol. The first-order valence-corrected chi connectivity index (χ1v) is 6.67. The average Bonchev–Trinajstić information content (AvgIpc) is 2.46. The molecule has 0 aliphatic carbocycles. The van der Waals surface area contributed by atoms with Crippen molar-refractivity contribution in [2.45, 2.75) is 20.3 Å². The molecule has 0 unspecified atom stereocenters. The monoisotopic (exact) mass is 281 g/mol. The maximum atomic E-state index is 11.6. The van der Waals surface area contributed by atoms with Gasteiger partial charge in [0.1, 0.15) is 17.5 Å². The Labute approximate surface area is 119 Å². The lowest BCUT2D eigenvalue weighted by molar-refractivity contribution is -0.119. The SMILES string of the molecule is CCc1nc(NC)c(C)c(NCC(=O)NCCOC)n1. The van der Waals surface area contributed by atoms with Gasteiger partial charge in [-0.25, -0.2) is 9.97 Å². The van der Waals surface area contributed by atoms with Gasteiger partial charge in [-0.1, -0.05) is 6.92 Å². The van der Waals surface area contributed by atoms with Gasteiger partial charge in [-0.15, -0.1) is 0 Å². The summed E-state index contributed by atoms with van der Waals surface area (Å²) in [6, 6.07) is 0. The highest BCUT2D eigenvalue weighted by Crippen LogP contribution is 2.19. The molecule has 0 radical (unpaired) electrons. The largest absolute Gasteiger partial charge is 0.383 e. The molecule has 0 spiro atoms. The molecule has 0 aromatic carbocycles. The van der Waals surface area contributed by atoms with Crippen molar-refractivity contribution in [3.05, 3.63) is 11.4 Å². The zero-order valence-corrected chi connectivity index (χ0v) is 12.5. The van der Waals surface area contributed by atoms with E-state index >= 15 is 0 Å². The van der Waals surface area contributed by atoms with Gasteiger partial charge in [0.2, 0.25) is 5.91 Å². The molecule has 0 saturated carbocycles. The van der Waals surface area contributed by atoms with E-state index in [1.165, 1.54) is 0 Å². The predicted molar refractivity (Wildman–Crippen MR) is 79.1 cm³/mol. The van der Waals surface area contributed by atoms with Gasteiger partial charge in [0.05, 0.1) is 13.2 Å². The third kappa shape index (κ3) is 4.65. The van der Waals surface area contributed by atoms with Crippen LogP contribution in [0.5, 0.6) is 0 Å². The van der Waals surface area contributed by atoms with Crippen molar-refractivity contribution in [3.63, 3.8) is 0 Å². The molecule has 0 aliphatic heterocycles. The number of aromatic nitrogens is 2. The number of methoxy groups -OCH3 is 1. The summed E-state index contributed by atoms with van der Waals surface area (Å²) in [4.78, 5) is 20.4. The molecule has 1 amide bonds. The number of nitrogens with one attached hydrogen (secondary N) is 3. The van der Waals surface area contributed by atoms with Crippen molar-refractivity contribution in [3.8, 4) is 0 Å². The molecule has 0 fully saturated rings. The molecular formula is C13H23N5O2. The van der Waals surface area contributed by atoms with Crippen LogP contribution in [0.3, 0.4) is 0 Å². The van der Waals surface area contributed by atoms with E-state index in [9.17, 15) is 4.79 Å². The Morgan fingerprint density at radius 3 is 2.60 bits per heavy atom. The highest BCUT2D eigenvalue weighted by molar-refractivity contribution is 5.80. The van der Waals surface area contributed by atoms with Crippen molar-refractivity contribution >= 4 is 17.5 Å². The maximum Gasteiger partial charge on any atom is 0.239 e. The summed E-state index contributed by atoms with van der Waals surface area (Å²) in [7, 11) is 3.41. The Bertz CT molecular complexity index is 451. The number of carbonyl (C=O) groups excluding carboxylic acids is 1. The number of hydrogen-bond donors (Lipinski definition) is 3. The summed E-state index contributed by atoms with van der Waals surface area (Å²) in [6.07, 6.45) is 0.740. The summed E-state index contributed by atoms with van der Waals surface area (Å²) in [5.41, 5.74) is 0.898. The van der Waals surface area contributed by atoms with Gasteiger partial charge in [0.15, 0.2) is 0 Å². The van der Waals surface area contributed by atoms with Crippen molar-refractivity contribution in [2.24, 2.45) is 0 Å². The van der Waals surface area contributed by atoms with E-state index in [0.29, 0.717) is 19.0 Å². The Kier molecular flexibility index (Phi) is 6.72. The second-order valence-corrected chi connectivity index (χ2v) is 4.26. The Morgan fingerprint density at radius 2 is 2.00 bits per heavy atom. The lowest BCUT2D eigenvalue weighted by Crippen LogP contribution is -2.32. The van der Waals surface area contributed by atoms with Crippen molar-refractivity contribution in [2.75, 3.05) is 44.5 Å². The second-order valence-electron chi connectivity index (χ2n) is 4.26. The Balaban J connectivity index is 2.65. The van der Waals surface area contributed by atoms with Crippen LogP contribution in [0, 0.1) is 6.92 Å². The molecule has 112 valence electrons. The standard InChI is InChI=1S/C13H23N5O2/c1-5-10-17-12(14-3)9(2)13(18-10)16-8-11(19)15-6-7-20-4/h5-8H2,1-4H3,(H,15,19)(H2,14,16,17,18). The number of nitrogens with zero attached hydrogens (tertiary/aromatic N) is 2. The van der Waals surface area contributed by atoms with E-state index in [4.69, 9.17) is 4.74 Å². The summed E-state index contributed by atoms with van der Waals surface area (Å²) in [6.45, 7) is 5.08. The third-order valence-corrected chi connectivity index (χ3v) is 2.79. The molecule has 1 aromatic rings. The van der Waals surface area contributed by atoms with Crippen LogP contribution in [0.25, 0.3) is 0 Å². The minimum Gasteiger partial charge on any atom is -0.383 e. The van der Waals surface area contributed by atoms with Gasteiger partial charge in [0.25, 0.3) is 0 Å². The number of rotatable bonds is 8. The molecule has 1 aromatic heterocycles. The topological polar surface area (TPSA) is 88.2 Å². The fourth-order valence-corrected chi connectivity index (χ4v) is 1.66. The lowest BCUT2D eigenvalue weighted by Gasteiger charge is -2.13. The maximum absolute atomic E-state index is 11.6. The zero-order valence-electron chi connectivity index (χ0n) is 12.5. The van der Waals surface area contributed by atoms with Crippen LogP contribution in [0.4, 0.5) is 11.6 Å². The van der Waals surface area contributed by atoms with Crippen molar-refractivity contribution in [1.82, 2.24) is 15.3 Å². The predicted octanol–water partition coefficient (Wildman–Crippen LogP) is 0.564. The van der Waals surface area contributed by atoms with E-state index in [-0.39, 0.29) is 12.5 Å². The number of anilines is 2. The molecule has 7 heteroatoms. The minimum absolute atomic E-state index is 0.0934. The van der Waals surface area contributed by atoms with Crippen LogP contribution in [0.15, 0.2) is 0 Å². The first kappa shape index (κ1) is 16.2.